The van der Waals surface area contributed by atoms with E-state index in [0.29, 0.717) is 5.75 Å². The monoisotopic (exact) mass is 319 g/mol. The molecule has 0 bridgehead atoms. The molecule has 0 radical (unpaired) electrons. The van der Waals surface area contributed by atoms with Crippen molar-refractivity contribution in [1.82, 2.24) is 0 Å². The molecule has 3 nitrogen and oxygen atoms in total. The van der Waals surface area contributed by atoms with Gasteiger partial charge in [-0.3, -0.25) is 4.79 Å². The molecule has 3 aromatic carbocycles. The van der Waals surface area contributed by atoms with Crippen molar-refractivity contribution in [2.24, 2.45) is 0 Å². The Balaban J connectivity index is 1.70. The van der Waals surface area contributed by atoms with E-state index in [1.54, 1.807) is 6.92 Å². The largest absolute Gasteiger partial charge is 0.481 e. The molecule has 0 spiro atoms. The molecular weight excluding hydrogens is 298 g/mol. The van der Waals surface area contributed by atoms with Gasteiger partial charge in [0.25, 0.3) is 5.91 Å². The summed E-state index contributed by atoms with van der Waals surface area (Å²) in [5, 5.41) is 5.18. The standard InChI is InChI=1S/C21H21NO2/c1-14-8-11-20(15(2)12-14)22-21(23)16(3)24-19-10-9-17-6-4-5-7-18(17)13-19/h4-13,16H,1-3H3,(H,22,23)/t16-/m1/s1. The van der Waals surface area contributed by atoms with Crippen molar-refractivity contribution in [3.63, 3.8) is 0 Å². The van der Waals surface area contributed by atoms with Crippen LogP contribution in [0.5, 0.6) is 5.75 Å². The highest BCUT2D eigenvalue weighted by molar-refractivity contribution is 5.95. The van der Waals surface area contributed by atoms with Gasteiger partial charge in [0.2, 0.25) is 0 Å². The molecule has 0 aliphatic heterocycles. The van der Waals surface area contributed by atoms with Gasteiger partial charge in [-0.05, 0) is 55.3 Å². The molecule has 0 unspecified atom stereocenters. The first-order valence-corrected chi connectivity index (χ1v) is 8.06. The lowest BCUT2D eigenvalue weighted by Crippen LogP contribution is -2.30. The number of nitrogens with one attached hydrogen (secondary N) is 1. The molecule has 3 aromatic rings. The summed E-state index contributed by atoms with van der Waals surface area (Å²) in [6, 6.07) is 19.9. The van der Waals surface area contributed by atoms with Crippen molar-refractivity contribution < 1.29 is 9.53 Å². The van der Waals surface area contributed by atoms with Gasteiger partial charge in [-0.25, -0.2) is 0 Å². The van der Waals surface area contributed by atoms with Crippen molar-refractivity contribution in [1.29, 1.82) is 0 Å². The third-order valence-corrected chi connectivity index (χ3v) is 4.04. The second-order valence-electron chi connectivity index (χ2n) is 6.08. The van der Waals surface area contributed by atoms with Crippen molar-refractivity contribution in [3.05, 3.63) is 71.8 Å². The highest BCUT2D eigenvalue weighted by atomic mass is 16.5. The van der Waals surface area contributed by atoms with Crippen LogP contribution in [-0.2, 0) is 4.79 Å². The summed E-state index contributed by atoms with van der Waals surface area (Å²) in [5.41, 5.74) is 3.03. The van der Waals surface area contributed by atoms with Crippen LogP contribution >= 0.6 is 0 Å². The molecule has 1 amide bonds. The predicted molar refractivity (Wildman–Crippen MR) is 98.6 cm³/mol. The molecule has 0 aliphatic carbocycles. The van der Waals surface area contributed by atoms with Crippen molar-refractivity contribution in [3.8, 4) is 5.75 Å². The normalized spacial score (nSPS) is 12.0. The second kappa shape index (κ2) is 6.75. The Bertz CT molecular complexity index is 886. The van der Waals surface area contributed by atoms with Gasteiger partial charge in [-0.15, -0.1) is 0 Å². The van der Waals surface area contributed by atoms with E-state index in [2.05, 4.69) is 11.4 Å². The highest BCUT2D eigenvalue weighted by Gasteiger charge is 2.16. The zero-order chi connectivity index (χ0) is 17.1. The molecule has 3 rings (SSSR count). The zero-order valence-electron chi connectivity index (χ0n) is 14.2. The van der Waals surface area contributed by atoms with Crippen LogP contribution in [0.3, 0.4) is 0 Å². The maximum Gasteiger partial charge on any atom is 0.265 e. The van der Waals surface area contributed by atoms with E-state index in [0.717, 1.165) is 22.0 Å². The number of benzene rings is 3. The number of hydrogen-bond acceptors (Lipinski definition) is 2. The summed E-state index contributed by atoms with van der Waals surface area (Å²) >= 11 is 0. The lowest BCUT2D eigenvalue weighted by molar-refractivity contribution is -0.122. The van der Waals surface area contributed by atoms with E-state index in [9.17, 15) is 4.79 Å². The lowest BCUT2D eigenvalue weighted by Gasteiger charge is -2.16. The average Bonchev–Trinajstić information content (AvgIpc) is 2.57. The number of rotatable bonds is 4. The number of aryl methyl sites for hydroxylation is 2. The average molecular weight is 319 g/mol. The fraction of sp³-hybridized carbons (Fsp3) is 0.190. The van der Waals surface area contributed by atoms with Crippen molar-refractivity contribution >= 4 is 22.4 Å². The Labute approximate surface area is 142 Å². The molecule has 0 aromatic heterocycles. The van der Waals surface area contributed by atoms with Gasteiger partial charge in [0.15, 0.2) is 6.10 Å². The lowest BCUT2D eigenvalue weighted by atomic mass is 10.1. The Hall–Kier alpha value is -2.81. The summed E-state index contributed by atoms with van der Waals surface area (Å²) in [4.78, 5) is 12.4. The van der Waals surface area contributed by atoms with Gasteiger partial charge >= 0.3 is 0 Å². The molecule has 1 N–H and O–H groups in total. The van der Waals surface area contributed by atoms with Gasteiger partial charge in [0, 0.05) is 5.69 Å². The maximum absolute atomic E-state index is 12.4. The summed E-state index contributed by atoms with van der Waals surface area (Å²) in [6.45, 7) is 5.77. The van der Waals surface area contributed by atoms with Crippen LogP contribution in [0.2, 0.25) is 0 Å². The number of amides is 1. The van der Waals surface area contributed by atoms with Crippen LogP contribution < -0.4 is 10.1 Å². The second-order valence-corrected chi connectivity index (χ2v) is 6.08. The highest BCUT2D eigenvalue weighted by Crippen LogP contribution is 2.22. The van der Waals surface area contributed by atoms with E-state index < -0.39 is 6.10 Å². The molecule has 24 heavy (non-hydrogen) atoms. The summed E-state index contributed by atoms with van der Waals surface area (Å²) in [7, 11) is 0. The Kier molecular flexibility index (Phi) is 4.52. The molecule has 0 saturated carbocycles. The van der Waals surface area contributed by atoms with Crippen LogP contribution in [0.4, 0.5) is 5.69 Å². The fourth-order valence-corrected chi connectivity index (χ4v) is 2.69. The first-order chi connectivity index (χ1) is 11.5. The van der Waals surface area contributed by atoms with E-state index in [1.165, 1.54) is 5.56 Å². The number of anilines is 1. The molecule has 0 saturated heterocycles. The molecule has 1 atom stereocenters. The van der Waals surface area contributed by atoms with Crippen molar-refractivity contribution in [2.75, 3.05) is 5.32 Å². The zero-order valence-corrected chi connectivity index (χ0v) is 14.2. The molecule has 0 fully saturated rings. The first kappa shape index (κ1) is 16.1. The van der Waals surface area contributed by atoms with Crippen LogP contribution in [0.25, 0.3) is 10.8 Å². The van der Waals surface area contributed by atoms with E-state index in [4.69, 9.17) is 4.74 Å². The third kappa shape index (κ3) is 3.57. The van der Waals surface area contributed by atoms with Crippen molar-refractivity contribution in [2.45, 2.75) is 26.9 Å². The first-order valence-electron chi connectivity index (χ1n) is 8.06. The minimum Gasteiger partial charge on any atom is -0.481 e. The smallest absolute Gasteiger partial charge is 0.265 e. The molecule has 122 valence electrons. The summed E-state index contributed by atoms with van der Waals surface area (Å²) in [5.74, 6) is 0.534. The van der Waals surface area contributed by atoms with Gasteiger partial charge in [0.05, 0.1) is 0 Å². The minimum atomic E-state index is -0.577. The van der Waals surface area contributed by atoms with Gasteiger partial charge in [-0.1, -0.05) is 48.0 Å². The molecule has 0 heterocycles. The number of hydrogen-bond donors (Lipinski definition) is 1. The van der Waals surface area contributed by atoms with E-state index in [1.807, 2.05) is 68.4 Å². The van der Waals surface area contributed by atoms with Gasteiger partial charge in [0.1, 0.15) is 5.75 Å². The Morgan fingerprint density at radius 3 is 2.46 bits per heavy atom. The quantitative estimate of drug-likeness (QED) is 0.745. The minimum absolute atomic E-state index is 0.157. The molecule has 3 heteroatoms. The van der Waals surface area contributed by atoms with Crippen LogP contribution in [-0.4, -0.2) is 12.0 Å². The van der Waals surface area contributed by atoms with Gasteiger partial charge in [-0.2, -0.15) is 0 Å². The van der Waals surface area contributed by atoms with Gasteiger partial charge < -0.3 is 10.1 Å². The predicted octanol–water partition coefficient (Wildman–Crippen LogP) is 4.86. The van der Waals surface area contributed by atoms with E-state index >= 15 is 0 Å². The third-order valence-electron chi connectivity index (χ3n) is 4.04. The topological polar surface area (TPSA) is 38.3 Å². The Morgan fingerprint density at radius 2 is 1.71 bits per heavy atom. The van der Waals surface area contributed by atoms with Crippen LogP contribution in [0.1, 0.15) is 18.1 Å². The van der Waals surface area contributed by atoms with Crippen LogP contribution in [0, 0.1) is 13.8 Å². The van der Waals surface area contributed by atoms with E-state index in [-0.39, 0.29) is 5.91 Å². The summed E-state index contributed by atoms with van der Waals surface area (Å²) in [6.07, 6.45) is -0.577. The summed E-state index contributed by atoms with van der Waals surface area (Å²) < 4.78 is 5.81. The number of ether oxygens (including phenoxy) is 1. The fourth-order valence-electron chi connectivity index (χ4n) is 2.69. The number of carbonyl (C=O) groups excluding carboxylic acids is 1. The SMILES string of the molecule is Cc1ccc(NC(=O)[C@@H](C)Oc2ccc3ccccc3c2)c(C)c1. The number of fused-ring (bicyclic) bond motifs is 1. The Morgan fingerprint density at radius 1 is 0.958 bits per heavy atom. The molecular formula is C21H21NO2. The number of carbonyl (C=O) groups is 1. The maximum atomic E-state index is 12.4. The molecule has 0 aliphatic rings. The van der Waals surface area contributed by atoms with Crippen LogP contribution in [0.15, 0.2) is 60.7 Å².